The first-order chi connectivity index (χ1) is 14.0. The third-order valence-corrected chi connectivity index (χ3v) is 5.96. The predicted octanol–water partition coefficient (Wildman–Crippen LogP) is 0.391. The van der Waals surface area contributed by atoms with Gasteiger partial charge in [0, 0.05) is 13.1 Å². The van der Waals surface area contributed by atoms with Crippen molar-refractivity contribution < 1.29 is 20.1 Å². The molecule has 29 heavy (non-hydrogen) atoms. The number of fused-ring (bicyclic) bond motifs is 2. The van der Waals surface area contributed by atoms with Crippen LogP contribution in [0.5, 0.6) is 0 Å². The van der Waals surface area contributed by atoms with Gasteiger partial charge in [0.25, 0.3) is 0 Å². The number of aromatic nitrogens is 4. The highest BCUT2D eigenvalue weighted by Crippen LogP contribution is 2.40. The minimum Gasteiger partial charge on any atom is -0.394 e. The summed E-state index contributed by atoms with van der Waals surface area (Å²) in [5, 5.41) is 30.5. The highest BCUT2D eigenvalue weighted by atomic mass is 16.6. The molecule has 2 aromatic heterocycles. The molecular formula is C20H23N5O4. The van der Waals surface area contributed by atoms with Gasteiger partial charge in [-0.1, -0.05) is 24.3 Å². The molecule has 152 valence electrons. The van der Waals surface area contributed by atoms with Crippen molar-refractivity contribution in [2.75, 3.05) is 18.1 Å². The maximum Gasteiger partial charge on any atom is 0.168 e. The van der Waals surface area contributed by atoms with Crippen molar-refractivity contribution in [3.8, 4) is 0 Å². The van der Waals surface area contributed by atoms with Gasteiger partial charge >= 0.3 is 0 Å². The quantitative estimate of drug-likeness (QED) is 0.581. The van der Waals surface area contributed by atoms with Gasteiger partial charge in [-0.15, -0.1) is 0 Å². The van der Waals surface area contributed by atoms with Gasteiger partial charge in [-0.2, -0.15) is 0 Å². The number of aliphatic hydroxyl groups excluding tert-OH is 2. The molecule has 1 unspecified atom stereocenters. The molecule has 1 fully saturated rings. The number of rotatable bonds is 3. The van der Waals surface area contributed by atoms with E-state index >= 15 is 0 Å². The third kappa shape index (κ3) is 2.81. The van der Waals surface area contributed by atoms with Crippen LogP contribution in [0.4, 0.5) is 5.82 Å². The maximum absolute atomic E-state index is 10.8. The van der Waals surface area contributed by atoms with E-state index in [1.807, 2.05) is 6.07 Å². The van der Waals surface area contributed by atoms with Crippen molar-refractivity contribution in [2.24, 2.45) is 0 Å². The number of nitrogens with zero attached hydrogens (tertiary/aromatic N) is 5. The Balaban J connectivity index is 1.53. The molecule has 5 rings (SSSR count). The first-order valence-electron chi connectivity index (χ1n) is 9.66. The molecule has 0 spiro atoms. The zero-order valence-corrected chi connectivity index (χ0v) is 16.0. The zero-order chi connectivity index (χ0) is 20.2. The van der Waals surface area contributed by atoms with Crippen LogP contribution >= 0.6 is 0 Å². The van der Waals surface area contributed by atoms with Crippen molar-refractivity contribution in [3.05, 3.63) is 48.0 Å². The normalized spacial score (nSPS) is 29.4. The van der Waals surface area contributed by atoms with E-state index in [4.69, 9.17) is 4.74 Å². The van der Waals surface area contributed by atoms with E-state index in [1.165, 1.54) is 30.7 Å². The van der Waals surface area contributed by atoms with Gasteiger partial charge in [-0.3, -0.25) is 4.57 Å². The van der Waals surface area contributed by atoms with E-state index in [0.717, 1.165) is 25.3 Å². The molecule has 2 aliphatic heterocycles. The SMILES string of the molecule is C[C@]1(O)C(n2cnc3c(N4CCc5ccccc5C4)ncnc32)O[C@H](CO)[C@H]1O. The molecule has 0 amide bonds. The Bertz CT molecular complexity index is 1050. The molecule has 3 aromatic rings. The number of ether oxygens (including phenoxy) is 1. The summed E-state index contributed by atoms with van der Waals surface area (Å²) in [5.74, 6) is 0.722. The van der Waals surface area contributed by atoms with E-state index in [-0.39, 0.29) is 0 Å². The van der Waals surface area contributed by atoms with E-state index in [2.05, 4.69) is 38.1 Å². The fraction of sp³-hybridized carbons (Fsp3) is 0.450. The summed E-state index contributed by atoms with van der Waals surface area (Å²) in [4.78, 5) is 15.5. The Morgan fingerprint density at radius 2 is 2.00 bits per heavy atom. The average molecular weight is 397 g/mol. The molecule has 9 heteroatoms. The number of imidazole rings is 1. The van der Waals surface area contributed by atoms with E-state index in [0.29, 0.717) is 11.2 Å². The van der Waals surface area contributed by atoms with Crippen molar-refractivity contribution in [1.82, 2.24) is 19.5 Å². The number of hydrogen-bond acceptors (Lipinski definition) is 8. The van der Waals surface area contributed by atoms with E-state index in [9.17, 15) is 15.3 Å². The summed E-state index contributed by atoms with van der Waals surface area (Å²) in [5.41, 5.74) is 2.12. The van der Waals surface area contributed by atoms with Crippen LogP contribution in [-0.4, -0.2) is 65.8 Å². The molecule has 4 heterocycles. The predicted molar refractivity (Wildman–Crippen MR) is 104 cm³/mol. The number of benzene rings is 1. The van der Waals surface area contributed by atoms with Crippen LogP contribution in [0, 0.1) is 0 Å². The van der Waals surface area contributed by atoms with Crippen molar-refractivity contribution >= 4 is 17.0 Å². The van der Waals surface area contributed by atoms with Gasteiger partial charge in [0.15, 0.2) is 23.2 Å². The number of aliphatic hydroxyl groups is 3. The van der Waals surface area contributed by atoms with Crippen molar-refractivity contribution in [1.29, 1.82) is 0 Å². The van der Waals surface area contributed by atoms with Gasteiger partial charge < -0.3 is 25.0 Å². The second-order valence-corrected chi connectivity index (χ2v) is 7.84. The second kappa shape index (κ2) is 6.74. The summed E-state index contributed by atoms with van der Waals surface area (Å²) in [7, 11) is 0. The van der Waals surface area contributed by atoms with Crippen molar-refractivity contribution in [2.45, 2.75) is 43.9 Å². The van der Waals surface area contributed by atoms with Crippen LogP contribution in [0.25, 0.3) is 11.2 Å². The van der Waals surface area contributed by atoms with Gasteiger partial charge in [0.2, 0.25) is 0 Å². The Morgan fingerprint density at radius 1 is 1.21 bits per heavy atom. The molecule has 0 saturated carbocycles. The minimum atomic E-state index is -1.60. The lowest BCUT2D eigenvalue weighted by molar-refractivity contribution is -0.0950. The third-order valence-electron chi connectivity index (χ3n) is 5.96. The van der Waals surface area contributed by atoms with Gasteiger partial charge in [-0.25, -0.2) is 15.0 Å². The lowest BCUT2D eigenvalue weighted by atomic mass is 9.96. The smallest absolute Gasteiger partial charge is 0.168 e. The van der Waals surface area contributed by atoms with Crippen LogP contribution in [0.2, 0.25) is 0 Å². The topological polar surface area (TPSA) is 117 Å². The van der Waals surface area contributed by atoms with Crippen LogP contribution < -0.4 is 4.90 Å². The first kappa shape index (κ1) is 18.4. The summed E-state index contributed by atoms with van der Waals surface area (Å²) in [6.07, 6.45) is 0.895. The Morgan fingerprint density at radius 3 is 2.76 bits per heavy atom. The van der Waals surface area contributed by atoms with Gasteiger partial charge in [0.1, 0.15) is 24.1 Å². The minimum absolute atomic E-state index is 0.395. The highest BCUT2D eigenvalue weighted by Gasteiger charge is 2.53. The Kier molecular flexibility index (Phi) is 4.28. The summed E-state index contributed by atoms with van der Waals surface area (Å²) in [6.45, 7) is 2.64. The molecule has 2 aliphatic rings. The largest absolute Gasteiger partial charge is 0.394 e. The van der Waals surface area contributed by atoms with Gasteiger partial charge in [-0.05, 0) is 24.5 Å². The maximum atomic E-state index is 10.8. The molecule has 4 atom stereocenters. The number of hydrogen-bond donors (Lipinski definition) is 3. The lowest BCUT2D eigenvalue weighted by Crippen LogP contribution is -2.44. The van der Waals surface area contributed by atoms with E-state index in [1.54, 1.807) is 4.57 Å². The molecule has 3 N–H and O–H groups in total. The molecule has 1 aromatic carbocycles. The van der Waals surface area contributed by atoms with E-state index < -0.39 is 30.6 Å². The Hall–Kier alpha value is -2.59. The molecule has 0 aliphatic carbocycles. The lowest BCUT2D eigenvalue weighted by Gasteiger charge is -2.30. The second-order valence-electron chi connectivity index (χ2n) is 7.84. The fourth-order valence-electron chi connectivity index (χ4n) is 4.31. The number of anilines is 1. The summed E-state index contributed by atoms with van der Waals surface area (Å²) >= 11 is 0. The molecular weight excluding hydrogens is 374 g/mol. The molecule has 9 nitrogen and oxygen atoms in total. The van der Waals surface area contributed by atoms with Crippen LogP contribution in [-0.2, 0) is 17.7 Å². The van der Waals surface area contributed by atoms with Crippen LogP contribution in [0.1, 0.15) is 24.3 Å². The fourth-order valence-corrected chi connectivity index (χ4v) is 4.31. The van der Waals surface area contributed by atoms with Crippen molar-refractivity contribution in [3.63, 3.8) is 0 Å². The highest BCUT2D eigenvalue weighted by molar-refractivity contribution is 5.83. The first-order valence-corrected chi connectivity index (χ1v) is 9.66. The average Bonchev–Trinajstić information content (AvgIpc) is 3.26. The summed E-state index contributed by atoms with van der Waals surface area (Å²) in [6, 6.07) is 8.37. The van der Waals surface area contributed by atoms with Gasteiger partial charge in [0.05, 0.1) is 12.9 Å². The Labute approximate surface area is 167 Å². The van der Waals surface area contributed by atoms with Crippen LogP contribution in [0.15, 0.2) is 36.9 Å². The molecule has 1 saturated heterocycles. The summed E-state index contributed by atoms with van der Waals surface area (Å²) < 4.78 is 7.32. The monoisotopic (exact) mass is 397 g/mol. The zero-order valence-electron chi connectivity index (χ0n) is 16.0. The molecule has 0 radical (unpaired) electrons. The molecule has 0 bridgehead atoms. The standard InChI is InChI=1S/C20H23N5O4/c1-20(28)16(27)14(9-26)29-19(20)25-11-23-15-17(21-10-22-18(15)25)24-7-6-12-4-2-3-5-13(12)8-24/h2-5,10-11,14,16,19,26-28H,6-9H2,1H3/t14-,16-,19?,20-/m1/s1. The van der Waals surface area contributed by atoms with Crippen LogP contribution in [0.3, 0.4) is 0 Å².